The van der Waals surface area contributed by atoms with Crippen molar-refractivity contribution in [1.82, 2.24) is 0 Å². The van der Waals surface area contributed by atoms with Crippen LogP contribution >= 0.6 is 11.8 Å². The molecule has 0 atom stereocenters. The van der Waals surface area contributed by atoms with E-state index in [-0.39, 0.29) is 0 Å². The van der Waals surface area contributed by atoms with E-state index in [1.165, 1.54) is 9.81 Å². The fraction of sp³-hybridized carbons (Fsp3) is 0.273. The third-order valence-electron chi connectivity index (χ3n) is 1.33. The summed E-state index contributed by atoms with van der Waals surface area (Å²) < 4.78 is 0. The van der Waals surface area contributed by atoms with E-state index in [9.17, 15) is 0 Å². The molecule has 0 aliphatic carbocycles. The first-order chi connectivity index (χ1) is 5.78. The largest absolute Gasteiger partial charge is 0.0980 e. The molecule has 0 fully saturated rings. The number of rotatable bonds is 5. The molecule has 12 heavy (non-hydrogen) atoms. The standard InChI is InChI=1S/C11H16S/c1-5-9-11(8-4)12-10(6-2)7-3/h6-9H,2,4-5H2,1,3H3/b10-7+,11-9+. The Morgan fingerprint density at radius 3 is 2.17 bits per heavy atom. The Morgan fingerprint density at radius 1 is 1.25 bits per heavy atom. The van der Waals surface area contributed by atoms with Gasteiger partial charge in [-0.3, -0.25) is 0 Å². The second-order valence-corrected chi connectivity index (χ2v) is 3.36. The Morgan fingerprint density at radius 2 is 1.83 bits per heavy atom. The van der Waals surface area contributed by atoms with Crippen molar-refractivity contribution in [3.63, 3.8) is 0 Å². The van der Waals surface area contributed by atoms with Gasteiger partial charge in [0.2, 0.25) is 0 Å². The van der Waals surface area contributed by atoms with Crippen LogP contribution in [0.4, 0.5) is 0 Å². The van der Waals surface area contributed by atoms with Gasteiger partial charge in [0, 0.05) is 9.81 Å². The molecule has 0 aromatic rings. The van der Waals surface area contributed by atoms with E-state index >= 15 is 0 Å². The zero-order valence-corrected chi connectivity index (χ0v) is 8.66. The van der Waals surface area contributed by atoms with Gasteiger partial charge < -0.3 is 0 Å². The van der Waals surface area contributed by atoms with Gasteiger partial charge in [0.25, 0.3) is 0 Å². The molecule has 0 amide bonds. The molecule has 0 aliphatic rings. The van der Waals surface area contributed by atoms with Crippen LogP contribution in [0, 0.1) is 0 Å². The van der Waals surface area contributed by atoms with Crippen LogP contribution in [0.5, 0.6) is 0 Å². The Balaban J connectivity index is 4.29. The Bertz CT molecular complexity index is 209. The van der Waals surface area contributed by atoms with Crippen LogP contribution in [-0.2, 0) is 0 Å². The molecule has 0 N–H and O–H groups in total. The van der Waals surface area contributed by atoms with Crippen LogP contribution in [0.2, 0.25) is 0 Å². The minimum absolute atomic E-state index is 1.04. The topological polar surface area (TPSA) is 0 Å². The van der Waals surface area contributed by atoms with Crippen molar-refractivity contribution in [1.29, 1.82) is 0 Å². The molecule has 0 nitrogen and oxygen atoms in total. The minimum atomic E-state index is 1.04. The molecule has 0 unspecified atom stereocenters. The molecule has 0 saturated heterocycles. The lowest BCUT2D eigenvalue weighted by atomic mass is 10.4. The van der Waals surface area contributed by atoms with Crippen molar-refractivity contribution in [2.75, 3.05) is 0 Å². The molecular formula is C11H16S. The lowest BCUT2D eigenvalue weighted by Crippen LogP contribution is -1.72. The maximum atomic E-state index is 3.75. The fourth-order valence-corrected chi connectivity index (χ4v) is 1.53. The van der Waals surface area contributed by atoms with Crippen molar-refractivity contribution in [2.24, 2.45) is 0 Å². The summed E-state index contributed by atoms with van der Waals surface area (Å²) in [6.07, 6.45) is 8.98. The third-order valence-corrected chi connectivity index (χ3v) is 2.54. The second kappa shape index (κ2) is 6.99. The maximum absolute atomic E-state index is 3.75. The minimum Gasteiger partial charge on any atom is -0.0980 e. The van der Waals surface area contributed by atoms with Gasteiger partial charge in [-0.15, -0.1) is 0 Å². The van der Waals surface area contributed by atoms with Crippen molar-refractivity contribution >= 4 is 11.8 Å². The van der Waals surface area contributed by atoms with E-state index in [1.54, 1.807) is 11.8 Å². The maximum Gasteiger partial charge on any atom is 0.00758 e. The summed E-state index contributed by atoms with van der Waals surface area (Å²) in [6.45, 7) is 11.6. The average Bonchev–Trinajstić information content (AvgIpc) is 2.12. The summed E-state index contributed by atoms with van der Waals surface area (Å²) in [7, 11) is 0. The van der Waals surface area contributed by atoms with Crippen molar-refractivity contribution in [3.8, 4) is 0 Å². The van der Waals surface area contributed by atoms with Crippen molar-refractivity contribution in [3.05, 3.63) is 47.3 Å². The highest BCUT2D eigenvalue weighted by Crippen LogP contribution is 2.26. The second-order valence-electron chi connectivity index (χ2n) is 2.22. The van der Waals surface area contributed by atoms with Gasteiger partial charge >= 0.3 is 0 Å². The van der Waals surface area contributed by atoms with Gasteiger partial charge in [0.05, 0.1) is 0 Å². The molecule has 0 heterocycles. The fourth-order valence-electron chi connectivity index (χ4n) is 0.722. The molecule has 0 radical (unpaired) electrons. The lowest BCUT2D eigenvalue weighted by Gasteiger charge is -2.00. The molecule has 0 aromatic heterocycles. The van der Waals surface area contributed by atoms with Gasteiger partial charge in [0.15, 0.2) is 0 Å². The van der Waals surface area contributed by atoms with Crippen LogP contribution in [0.15, 0.2) is 47.3 Å². The molecule has 0 bridgehead atoms. The molecule has 0 saturated carbocycles. The van der Waals surface area contributed by atoms with E-state index in [1.807, 2.05) is 25.2 Å². The quantitative estimate of drug-likeness (QED) is 0.569. The summed E-state index contributed by atoms with van der Waals surface area (Å²) in [6, 6.07) is 0. The Labute approximate surface area is 79.8 Å². The van der Waals surface area contributed by atoms with Crippen LogP contribution < -0.4 is 0 Å². The molecule has 1 heteroatoms. The molecular weight excluding hydrogens is 164 g/mol. The average molecular weight is 180 g/mol. The van der Waals surface area contributed by atoms with Gasteiger partial charge in [-0.1, -0.05) is 56.1 Å². The monoisotopic (exact) mass is 180 g/mol. The zero-order valence-electron chi connectivity index (χ0n) is 7.84. The molecule has 0 aromatic carbocycles. The number of hydrogen-bond donors (Lipinski definition) is 0. The first-order valence-electron chi connectivity index (χ1n) is 4.07. The summed E-state index contributed by atoms with van der Waals surface area (Å²) >= 11 is 1.70. The normalized spacial score (nSPS) is 12.8. The first kappa shape index (κ1) is 11.3. The first-order valence-corrected chi connectivity index (χ1v) is 4.89. The SMILES string of the molecule is C=C/C(=C\C)S/C(C=C)=C/CC. The van der Waals surface area contributed by atoms with Crippen LogP contribution in [-0.4, -0.2) is 0 Å². The Kier molecular flexibility index (Phi) is 6.58. The van der Waals surface area contributed by atoms with Crippen LogP contribution in [0.1, 0.15) is 20.3 Å². The highest BCUT2D eigenvalue weighted by atomic mass is 32.2. The van der Waals surface area contributed by atoms with E-state index in [0.717, 1.165) is 6.42 Å². The van der Waals surface area contributed by atoms with Crippen LogP contribution in [0.25, 0.3) is 0 Å². The predicted molar refractivity (Wildman–Crippen MR) is 60.1 cm³/mol. The number of hydrogen-bond acceptors (Lipinski definition) is 1. The Hall–Kier alpha value is -0.690. The van der Waals surface area contributed by atoms with E-state index in [4.69, 9.17) is 0 Å². The van der Waals surface area contributed by atoms with Crippen LogP contribution in [0.3, 0.4) is 0 Å². The lowest BCUT2D eigenvalue weighted by molar-refractivity contribution is 1.22. The smallest absolute Gasteiger partial charge is 0.00758 e. The van der Waals surface area contributed by atoms with Crippen molar-refractivity contribution in [2.45, 2.75) is 20.3 Å². The molecule has 0 aliphatic heterocycles. The number of thioether (sulfide) groups is 1. The van der Waals surface area contributed by atoms with Gasteiger partial charge in [-0.05, 0) is 13.3 Å². The highest BCUT2D eigenvalue weighted by Gasteiger charge is 1.94. The zero-order chi connectivity index (χ0) is 9.40. The summed E-state index contributed by atoms with van der Waals surface area (Å²) in [4.78, 5) is 2.38. The van der Waals surface area contributed by atoms with E-state index < -0.39 is 0 Å². The third kappa shape index (κ3) is 4.24. The summed E-state index contributed by atoms with van der Waals surface area (Å²) in [5, 5.41) is 0. The van der Waals surface area contributed by atoms with Gasteiger partial charge in [-0.2, -0.15) is 0 Å². The van der Waals surface area contributed by atoms with Crippen molar-refractivity contribution < 1.29 is 0 Å². The predicted octanol–water partition coefficient (Wildman–Crippen LogP) is 4.29. The molecule has 66 valence electrons. The van der Waals surface area contributed by atoms with E-state index in [2.05, 4.69) is 26.2 Å². The molecule has 0 spiro atoms. The molecule has 0 rings (SSSR count). The van der Waals surface area contributed by atoms with Gasteiger partial charge in [0.1, 0.15) is 0 Å². The van der Waals surface area contributed by atoms with Gasteiger partial charge in [-0.25, -0.2) is 0 Å². The van der Waals surface area contributed by atoms with E-state index in [0.29, 0.717) is 0 Å². The number of allylic oxidation sites excluding steroid dienone is 4. The summed E-state index contributed by atoms with van der Waals surface area (Å²) in [5.74, 6) is 0. The highest BCUT2D eigenvalue weighted by molar-refractivity contribution is 8.07. The summed E-state index contributed by atoms with van der Waals surface area (Å²) in [5.41, 5.74) is 0.